The van der Waals surface area contributed by atoms with Crippen LogP contribution in [-0.4, -0.2) is 11.1 Å². The van der Waals surface area contributed by atoms with Gasteiger partial charge >= 0.3 is 5.97 Å². The van der Waals surface area contributed by atoms with Crippen molar-refractivity contribution in [1.29, 1.82) is 0 Å². The molecule has 0 spiro atoms. The van der Waals surface area contributed by atoms with Crippen LogP contribution in [0, 0.1) is 17.3 Å². The van der Waals surface area contributed by atoms with Gasteiger partial charge in [0.15, 0.2) is 0 Å². The van der Waals surface area contributed by atoms with E-state index in [0.29, 0.717) is 5.92 Å². The molecule has 0 heterocycles. The molecule has 0 aromatic rings. The monoisotopic (exact) mass is 210 g/mol. The molecule has 2 heteroatoms. The minimum Gasteiger partial charge on any atom is -0.481 e. The Morgan fingerprint density at radius 1 is 1.20 bits per heavy atom. The van der Waals surface area contributed by atoms with Crippen LogP contribution in [0.4, 0.5) is 0 Å². The molecule has 2 atom stereocenters. The Morgan fingerprint density at radius 2 is 1.87 bits per heavy atom. The molecular weight excluding hydrogens is 188 g/mol. The summed E-state index contributed by atoms with van der Waals surface area (Å²) in [6, 6.07) is 0. The number of carbonyl (C=O) groups is 1. The van der Waals surface area contributed by atoms with Crippen molar-refractivity contribution in [1.82, 2.24) is 0 Å². The first-order valence-corrected chi connectivity index (χ1v) is 6.38. The molecule has 2 saturated carbocycles. The fourth-order valence-corrected chi connectivity index (χ4v) is 3.74. The fourth-order valence-electron chi connectivity index (χ4n) is 3.74. The average Bonchev–Trinajstić information content (AvgIpc) is 2.67. The average molecular weight is 210 g/mol. The third-order valence-corrected chi connectivity index (χ3v) is 4.64. The van der Waals surface area contributed by atoms with Gasteiger partial charge in [-0.3, -0.25) is 4.79 Å². The molecule has 0 saturated heterocycles. The van der Waals surface area contributed by atoms with Crippen molar-refractivity contribution in [3.63, 3.8) is 0 Å². The predicted molar refractivity (Wildman–Crippen MR) is 59.7 cm³/mol. The number of rotatable bonds is 2. The van der Waals surface area contributed by atoms with E-state index < -0.39 is 5.97 Å². The van der Waals surface area contributed by atoms with Crippen molar-refractivity contribution in [3.8, 4) is 0 Å². The second-order valence-corrected chi connectivity index (χ2v) is 5.64. The molecule has 0 amide bonds. The van der Waals surface area contributed by atoms with Crippen LogP contribution >= 0.6 is 0 Å². The first-order chi connectivity index (χ1) is 7.15. The predicted octanol–water partition coefficient (Wildman–Crippen LogP) is 3.46. The van der Waals surface area contributed by atoms with Crippen LogP contribution in [0.15, 0.2) is 0 Å². The maximum Gasteiger partial charge on any atom is 0.309 e. The first kappa shape index (κ1) is 11.0. The number of carboxylic acid groups (broad SMARTS) is 1. The molecule has 0 aliphatic heterocycles. The maximum absolute atomic E-state index is 11.5. The SMILES string of the molecule is CC1CCCC(C2(C(=O)O)CCCC2)C1. The van der Waals surface area contributed by atoms with Gasteiger partial charge in [-0.05, 0) is 37.5 Å². The topological polar surface area (TPSA) is 37.3 Å². The van der Waals surface area contributed by atoms with Crippen LogP contribution in [0.5, 0.6) is 0 Å². The summed E-state index contributed by atoms with van der Waals surface area (Å²) >= 11 is 0. The highest BCUT2D eigenvalue weighted by atomic mass is 16.4. The van der Waals surface area contributed by atoms with Gasteiger partial charge in [0, 0.05) is 0 Å². The Bertz CT molecular complexity index is 241. The van der Waals surface area contributed by atoms with Crippen LogP contribution in [0.2, 0.25) is 0 Å². The van der Waals surface area contributed by atoms with E-state index >= 15 is 0 Å². The smallest absolute Gasteiger partial charge is 0.309 e. The first-order valence-electron chi connectivity index (χ1n) is 6.38. The van der Waals surface area contributed by atoms with Gasteiger partial charge < -0.3 is 5.11 Å². The quantitative estimate of drug-likeness (QED) is 0.758. The van der Waals surface area contributed by atoms with E-state index in [0.717, 1.165) is 44.4 Å². The van der Waals surface area contributed by atoms with Crippen LogP contribution < -0.4 is 0 Å². The molecule has 0 aromatic carbocycles. The minimum absolute atomic E-state index is 0.339. The van der Waals surface area contributed by atoms with Gasteiger partial charge in [-0.1, -0.05) is 32.6 Å². The fraction of sp³-hybridized carbons (Fsp3) is 0.923. The summed E-state index contributed by atoms with van der Waals surface area (Å²) in [6.07, 6.45) is 8.93. The number of carboxylic acids is 1. The maximum atomic E-state index is 11.5. The highest BCUT2D eigenvalue weighted by Crippen LogP contribution is 2.50. The zero-order valence-electron chi connectivity index (χ0n) is 9.67. The Morgan fingerprint density at radius 3 is 2.40 bits per heavy atom. The molecular formula is C13H22O2. The molecule has 0 aromatic heterocycles. The molecule has 2 aliphatic carbocycles. The molecule has 2 rings (SSSR count). The van der Waals surface area contributed by atoms with E-state index in [1.165, 1.54) is 12.8 Å². The summed E-state index contributed by atoms with van der Waals surface area (Å²) in [7, 11) is 0. The third-order valence-electron chi connectivity index (χ3n) is 4.64. The lowest BCUT2D eigenvalue weighted by Gasteiger charge is -2.38. The Balaban J connectivity index is 2.13. The van der Waals surface area contributed by atoms with E-state index in [1.807, 2.05) is 0 Å². The van der Waals surface area contributed by atoms with E-state index in [4.69, 9.17) is 0 Å². The van der Waals surface area contributed by atoms with E-state index in [-0.39, 0.29) is 5.41 Å². The van der Waals surface area contributed by atoms with E-state index in [2.05, 4.69) is 6.92 Å². The molecule has 2 aliphatic rings. The van der Waals surface area contributed by atoms with Gasteiger partial charge in [0.05, 0.1) is 5.41 Å². The summed E-state index contributed by atoms with van der Waals surface area (Å²) < 4.78 is 0. The minimum atomic E-state index is -0.515. The Kier molecular flexibility index (Phi) is 3.03. The zero-order valence-corrected chi connectivity index (χ0v) is 9.67. The van der Waals surface area contributed by atoms with Crippen LogP contribution in [0.25, 0.3) is 0 Å². The second kappa shape index (κ2) is 4.15. The van der Waals surface area contributed by atoms with E-state index in [1.54, 1.807) is 0 Å². The lowest BCUT2D eigenvalue weighted by Crippen LogP contribution is -2.38. The van der Waals surface area contributed by atoms with Gasteiger partial charge in [0.25, 0.3) is 0 Å². The van der Waals surface area contributed by atoms with Crippen molar-refractivity contribution in [2.24, 2.45) is 17.3 Å². The molecule has 15 heavy (non-hydrogen) atoms. The highest BCUT2D eigenvalue weighted by Gasteiger charge is 2.48. The summed E-state index contributed by atoms with van der Waals surface area (Å²) in [5, 5.41) is 9.50. The molecule has 2 unspecified atom stereocenters. The van der Waals surface area contributed by atoms with Crippen LogP contribution in [-0.2, 0) is 4.79 Å². The summed E-state index contributed by atoms with van der Waals surface area (Å²) in [5.74, 6) is 0.681. The zero-order chi connectivity index (χ0) is 10.9. The van der Waals surface area contributed by atoms with Gasteiger partial charge in [-0.15, -0.1) is 0 Å². The third kappa shape index (κ3) is 1.91. The molecule has 2 fully saturated rings. The second-order valence-electron chi connectivity index (χ2n) is 5.64. The molecule has 0 radical (unpaired) electrons. The van der Waals surface area contributed by atoms with Gasteiger partial charge in [-0.2, -0.15) is 0 Å². The largest absolute Gasteiger partial charge is 0.481 e. The Labute approximate surface area is 92.1 Å². The standard InChI is InChI=1S/C13H22O2/c1-10-5-4-6-11(9-10)13(12(14)15)7-2-3-8-13/h10-11H,2-9H2,1H3,(H,14,15). The summed E-state index contributed by atoms with van der Waals surface area (Å²) in [6.45, 7) is 2.27. The lowest BCUT2D eigenvalue weighted by atomic mass is 9.65. The van der Waals surface area contributed by atoms with Crippen molar-refractivity contribution >= 4 is 5.97 Å². The molecule has 0 bridgehead atoms. The normalized spacial score (nSPS) is 35.3. The van der Waals surface area contributed by atoms with Gasteiger partial charge in [0.2, 0.25) is 0 Å². The number of hydrogen-bond donors (Lipinski definition) is 1. The Hall–Kier alpha value is -0.530. The number of aliphatic carboxylic acids is 1. The molecule has 1 N–H and O–H groups in total. The van der Waals surface area contributed by atoms with Gasteiger partial charge in [-0.25, -0.2) is 0 Å². The summed E-state index contributed by atoms with van der Waals surface area (Å²) in [5.41, 5.74) is -0.339. The highest BCUT2D eigenvalue weighted by molar-refractivity contribution is 5.75. The van der Waals surface area contributed by atoms with Crippen molar-refractivity contribution in [3.05, 3.63) is 0 Å². The number of hydrogen-bond acceptors (Lipinski definition) is 1. The van der Waals surface area contributed by atoms with Crippen molar-refractivity contribution < 1.29 is 9.90 Å². The van der Waals surface area contributed by atoms with E-state index in [9.17, 15) is 9.90 Å². The van der Waals surface area contributed by atoms with Crippen molar-refractivity contribution in [2.75, 3.05) is 0 Å². The lowest BCUT2D eigenvalue weighted by molar-refractivity contribution is -0.153. The van der Waals surface area contributed by atoms with Crippen LogP contribution in [0.3, 0.4) is 0 Å². The summed E-state index contributed by atoms with van der Waals surface area (Å²) in [4.78, 5) is 11.5. The van der Waals surface area contributed by atoms with Gasteiger partial charge in [0.1, 0.15) is 0 Å². The van der Waals surface area contributed by atoms with Crippen molar-refractivity contribution in [2.45, 2.75) is 58.3 Å². The molecule has 86 valence electrons. The van der Waals surface area contributed by atoms with Crippen LogP contribution in [0.1, 0.15) is 58.3 Å². The molecule has 2 nitrogen and oxygen atoms in total.